The Balaban J connectivity index is 1.47. The molecule has 0 saturated heterocycles. The molecule has 0 spiro atoms. The highest BCUT2D eigenvalue weighted by molar-refractivity contribution is 8.00. The molecule has 2 aromatic heterocycles. The Hall–Kier alpha value is -3.60. The fourth-order valence-electron chi connectivity index (χ4n) is 4.32. The van der Waals surface area contributed by atoms with Gasteiger partial charge in [0.2, 0.25) is 10.9 Å². The van der Waals surface area contributed by atoms with Gasteiger partial charge in [-0.15, -0.1) is 10.2 Å². The van der Waals surface area contributed by atoms with Crippen LogP contribution in [0.15, 0.2) is 87.0 Å². The van der Waals surface area contributed by atoms with E-state index in [0.717, 1.165) is 24.8 Å². The van der Waals surface area contributed by atoms with Crippen LogP contribution in [0.25, 0.3) is 0 Å². The largest absolute Gasteiger partial charge is 0.503 e. The van der Waals surface area contributed by atoms with Crippen LogP contribution in [0.5, 0.6) is 5.75 Å². The molecule has 0 saturated carbocycles. The number of anilines is 1. The Kier molecular flexibility index (Phi) is 8.88. The molecule has 0 radical (unpaired) electrons. The highest BCUT2D eigenvalue weighted by atomic mass is 35.5. The molecule has 40 heavy (non-hydrogen) atoms. The van der Waals surface area contributed by atoms with Gasteiger partial charge in [-0.3, -0.25) is 14.5 Å². The van der Waals surface area contributed by atoms with Crippen LogP contribution in [0.4, 0.5) is 5.13 Å². The lowest BCUT2D eigenvalue weighted by molar-refractivity contribution is -0.117. The number of rotatable bonds is 12. The number of hydrogen-bond acceptors (Lipinski definition) is 9. The SMILES string of the molecule is CCCCCOc1cccc(C2C(C(=O)c3ccco3)=C(O)C(=O)N2c2nnc(SCc3ccccc3Cl)s2)c1. The van der Waals surface area contributed by atoms with E-state index in [9.17, 15) is 14.7 Å². The van der Waals surface area contributed by atoms with Crippen molar-refractivity contribution in [3.05, 3.63) is 100 Å². The quantitative estimate of drug-likeness (QED) is 0.0780. The van der Waals surface area contributed by atoms with Gasteiger partial charge in [0.05, 0.1) is 24.5 Å². The number of ether oxygens (including phenoxy) is 1. The van der Waals surface area contributed by atoms with E-state index in [0.29, 0.717) is 33.0 Å². The van der Waals surface area contributed by atoms with E-state index in [-0.39, 0.29) is 16.5 Å². The average molecular weight is 596 g/mol. The van der Waals surface area contributed by atoms with Gasteiger partial charge >= 0.3 is 0 Å². The van der Waals surface area contributed by atoms with Crippen molar-refractivity contribution in [2.24, 2.45) is 0 Å². The summed E-state index contributed by atoms with van der Waals surface area (Å²) in [5, 5.41) is 20.4. The van der Waals surface area contributed by atoms with Gasteiger partial charge in [-0.1, -0.05) is 84.8 Å². The van der Waals surface area contributed by atoms with Gasteiger partial charge in [-0.05, 0) is 47.9 Å². The van der Waals surface area contributed by atoms with E-state index in [1.54, 1.807) is 24.3 Å². The molecule has 1 aliphatic heterocycles. The molecule has 206 valence electrons. The van der Waals surface area contributed by atoms with E-state index < -0.39 is 23.5 Å². The van der Waals surface area contributed by atoms with Gasteiger partial charge in [-0.25, -0.2) is 0 Å². The molecule has 3 heterocycles. The molecule has 1 aliphatic rings. The van der Waals surface area contributed by atoms with Crippen LogP contribution >= 0.6 is 34.7 Å². The first-order chi connectivity index (χ1) is 19.5. The van der Waals surface area contributed by atoms with Crippen molar-refractivity contribution in [2.45, 2.75) is 42.3 Å². The first-order valence-corrected chi connectivity index (χ1v) is 14.9. The Morgan fingerprint density at radius 3 is 2.77 bits per heavy atom. The maximum Gasteiger partial charge on any atom is 0.296 e. The van der Waals surface area contributed by atoms with Crippen molar-refractivity contribution in [3.63, 3.8) is 0 Å². The van der Waals surface area contributed by atoms with Gasteiger partial charge in [-0.2, -0.15) is 0 Å². The predicted molar refractivity (Wildman–Crippen MR) is 155 cm³/mol. The second-order valence-electron chi connectivity index (χ2n) is 9.01. The lowest BCUT2D eigenvalue weighted by atomic mass is 9.95. The first kappa shape index (κ1) is 27.9. The van der Waals surface area contributed by atoms with Crippen molar-refractivity contribution >= 4 is 51.5 Å². The van der Waals surface area contributed by atoms with Gasteiger partial charge in [0.1, 0.15) is 5.75 Å². The molecule has 0 fully saturated rings. The number of ketones is 1. The molecule has 1 N–H and O–H groups in total. The second kappa shape index (κ2) is 12.7. The van der Waals surface area contributed by atoms with Gasteiger partial charge in [0.15, 0.2) is 15.9 Å². The van der Waals surface area contributed by atoms with Gasteiger partial charge in [0.25, 0.3) is 5.91 Å². The number of aromatic nitrogens is 2. The fraction of sp³-hybridized carbons (Fsp3) is 0.241. The van der Waals surface area contributed by atoms with Crippen molar-refractivity contribution in [1.82, 2.24) is 10.2 Å². The fourth-order valence-corrected chi connectivity index (χ4v) is 6.47. The van der Waals surface area contributed by atoms with Crippen molar-refractivity contribution in [1.29, 1.82) is 0 Å². The van der Waals surface area contributed by atoms with Crippen LogP contribution in [0.3, 0.4) is 0 Å². The molecule has 8 nitrogen and oxygen atoms in total. The first-order valence-electron chi connectivity index (χ1n) is 12.7. The lowest BCUT2D eigenvalue weighted by Gasteiger charge is -2.24. The Labute approximate surface area is 244 Å². The molecule has 0 aliphatic carbocycles. The Bertz CT molecular complexity index is 1540. The summed E-state index contributed by atoms with van der Waals surface area (Å²) >= 11 is 8.91. The number of carbonyl (C=O) groups excluding carboxylic acids is 2. The summed E-state index contributed by atoms with van der Waals surface area (Å²) in [6.45, 7) is 2.67. The van der Waals surface area contributed by atoms with Crippen molar-refractivity contribution < 1.29 is 23.8 Å². The number of hydrogen-bond donors (Lipinski definition) is 1. The number of aliphatic hydroxyl groups excluding tert-OH is 1. The number of carbonyl (C=O) groups is 2. The number of aliphatic hydroxyl groups is 1. The molecule has 1 unspecified atom stereocenters. The van der Waals surface area contributed by atoms with Crippen molar-refractivity contribution in [3.8, 4) is 5.75 Å². The van der Waals surface area contributed by atoms with E-state index in [4.69, 9.17) is 20.8 Å². The average Bonchev–Trinajstić information content (AvgIpc) is 3.72. The van der Waals surface area contributed by atoms with Crippen molar-refractivity contribution in [2.75, 3.05) is 11.5 Å². The van der Waals surface area contributed by atoms with E-state index in [1.165, 1.54) is 40.3 Å². The van der Waals surface area contributed by atoms with Crippen LogP contribution in [0.2, 0.25) is 5.02 Å². The number of furan rings is 1. The molecule has 0 bridgehead atoms. The number of halogens is 1. The second-order valence-corrected chi connectivity index (χ2v) is 11.6. The van der Waals surface area contributed by atoms with Crippen LogP contribution in [-0.4, -0.2) is 33.6 Å². The predicted octanol–water partition coefficient (Wildman–Crippen LogP) is 7.43. The molecular formula is C29H26ClN3O5S2. The van der Waals surface area contributed by atoms with E-state index in [2.05, 4.69) is 17.1 Å². The summed E-state index contributed by atoms with van der Waals surface area (Å²) in [5.74, 6) is -0.800. The van der Waals surface area contributed by atoms with Crippen LogP contribution in [0, 0.1) is 0 Å². The maximum absolute atomic E-state index is 13.5. The van der Waals surface area contributed by atoms with Gasteiger partial charge < -0.3 is 14.3 Å². The lowest BCUT2D eigenvalue weighted by Crippen LogP contribution is -2.31. The van der Waals surface area contributed by atoms with Crippen LogP contribution < -0.4 is 9.64 Å². The van der Waals surface area contributed by atoms with Crippen LogP contribution in [-0.2, 0) is 10.5 Å². The topological polar surface area (TPSA) is 106 Å². The van der Waals surface area contributed by atoms with E-state index >= 15 is 0 Å². The van der Waals surface area contributed by atoms with E-state index in [1.807, 2.05) is 30.3 Å². The summed E-state index contributed by atoms with van der Waals surface area (Å²) in [4.78, 5) is 28.2. The molecule has 5 rings (SSSR count). The summed E-state index contributed by atoms with van der Waals surface area (Å²) < 4.78 is 11.9. The number of amides is 1. The smallest absolute Gasteiger partial charge is 0.296 e. The third kappa shape index (κ3) is 5.94. The third-order valence-corrected chi connectivity index (χ3v) is 8.77. The third-order valence-electron chi connectivity index (χ3n) is 6.30. The summed E-state index contributed by atoms with van der Waals surface area (Å²) in [6, 6.07) is 16.8. The molecular weight excluding hydrogens is 570 g/mol. The summed E-state index contributed by atoms with van der Waals surface area (Å²) in [6.07, 6.45) is 4.41. The highest BCUT2D eigenvalue weighted by Crippen LogP contribution is 2.44. The van der Waals surface area contributed by atoms with Gasteiger partial charge in [0, 0.05) is 10.8 Å². The molecule has 1 amide bonds. The maximum atomic E-state index is 13.5. The minimum Gasteiger partial charge on any atom is -0.503 e. The monoisotopic (exact) mass is 595 g/mol. The minimum absolute atomic E-state index is 0.0152. The standard InChI is InChI=1S/C29H26ClN3O5S2/c1-2-3-6-14-37-20-11-7-10-18(16-20)24-23(25(34)22-13-8-15-38-22)26(35)27(36)33(24)28-31-32-29(40-28)39-17-19-9-4-5-12-21(19)30/h4-5,7-13,15-16,24,35H,2-3,6,14,17H2,1H3. The Morgan fingerprint density at radius 2 is 2.00 bits per heavy atom. The number of unbranched alkanes of at least 4 members (excludes halogenated alkanes) is 2. The normalized spacial score (nSPS) is 15.2. The molecule has 2 aromatic carbocycles. The van der Waals surface area contributed by atoms with Crippen LogP contribution in [0.1, 0.15) is 53.9 Å². The Morgan fingerprint density at radius 1 is 1.15 bits per heavy atom. The zero-order valence-electron chi connectivity index (χ0n) is 21.6. The molecule has 1 atom stereocenters. The molecule has 4 aromatic rings. The zero-order chi connectivity index (χ0) is 28.1. The number of nitrogens with zero attached hydrogens (tertiary/aromatic N) is 3. The highest BCUT2D eigenvalue weighted by Gasteiger charge is 2.46. The number of benzene rings is 2. The summed E-state index contributed by atoms with van der Waals surface area (Å²) in [5.41, 5.74) is 1.44. The minimum atomic E-state index is -0.960. The molecule has 11 heteroatoms. The number of Topliss-reactive ketones (excluding diaryl/α,β-unsaturated/α-hetero) is 1. The number of thioether (sulfide) groups is 1. The summed E-state index contributed by atoms with van der Waals surface area (Å²) in [7, 11) is 0. The zero-order valence-corrected chi connectivity index (χ0v) is 24.0.